The Kier molecular flexibility index (Phi) is 3.97. The van der Waals surface area contributed by atoms with Crippen LogP contribution in [0.15, 0.2) is 30.3 Å². The molecule has 4 heteroatoms. The summed E-state index contributed by atoms with van der Waals surface area (Å²) in [5.74, 6) is -1.18. The third-order valence-corrected chi connectivity index (χ3v) is 3.32. The van der Waals surface area contributed by atoms with E-state index in [4.69, 9.17) is 5.11 Å². The number of likely N-dealkylation sites (tertiary alicyclic amines) is 1. The molecule has 0 spiro atoms. The van der Waals surface area contributed by atoms with E-state index >= 15 is 0 Å². The lowest BCUT2D eigenvalue weighted by Gasteiger charge is -2.30. The van der Waals surface area contributed by atoms with Crippen molar-refractivity contribution in [2.45, 2.75) is 19.3 Å². The number of benzene rings is 1. The second kappa shape index (κ2) is 5.67. The minimum absolute atomic E-state index is 0.0205. The maximum absolute atomic E-state index is 12.1. The molecule has 1 aromatic rings. The van der Waals surface area contributed by atoms with Crippen LogP contribution in [0.2, 0.25) is 0 Å². The summed E-state index contributed by atoms with van der Waals surface area (Å²) in [6, 6.07) is 9.54. The van der Waals surface area contributed by atoms with Gasteiger partial charge < -0.3 is 10.0 Å². The van der Waals surface area contributed by atoms with Crippen molar-refractivity contribution in [2.24, 2.45) is 5.92 Å². The number of nitrogens with zero attached hydrogens (tertiary/aromatic N) is 1. The molecule has 0 saturated carbocycles. The fourth-order valence-electron chi connectivity index (χ4n) is 2.29. The molecule has 96 valence electrons. The summed E-state index contributed by atoms with van der Waals surface area (Å²) in [5.41, 5.74) is 0.972. The van der Waals surface area contributed by atoms with E-state index in [0.29, 0.717) is 25.9 Å². The van der Waals surface area contributed by atoms with Crippen LogP contribution in [-0.4, -0.2) is 35.0 Å². The largest absolute Gasteiger partial charge is 0.481 e. The van der Waals surface area contributed by atoms with Crippen molar-refractivity contribution < 1.29 is 14.7 Å². The number of carbonyl (C=O) groups is 2. The van der Waals surface area contributed by atoms with Gasteiger partial charge in [0.2, 0.25) is 5.91 Å². The summed E-state index contributed by atoms with van der Waals surface area (Å²) in [6.45, 7) is 1.02. The highest BCUT2D eigenvalue weighted by Crippen LogP contribution is 2.17. The minimum Gasteiger partial charge on any atom is -0.481 e. The van der Waals surface area contributed by atoms with Crippen LogP contribution in [0, 0.1) is 5.92 Å². The molecule has 1 aromatic carbocycles. The van der Waals surface area contributed by atoms with Crippen molar-refractivity contribution in [1.82, 2.24) is 4.90 Å². The number of aliphatic carboxylic acids is 1. The second-order valence-corrected chi connectivity index (χ2v) is 4.68. The van der Waals surface area contributed by atoms with Crippen LogP contribution >= 0.6 is 0 Å². The maximum Gasteiger partial charge on any atom is 0.308 e. The molecular formula is C14H17NO3. The zero-order valence-electron chi connectivity index (χ0n) is 10.2. The SMILES string of the molecule is O=C(O)[C@@H]1CCCN(C(=O)Cc2ccccc2)C1. The van der Waals surface area contributed by atoms with Crippen molar-refractivity contribution in [3.05, 3.63) is 35.9 Å². The molecule has 0 radical (unpaired) electrons. The number of carbonyl (C=O) groups excluding carboxylic acids is 1. The van der Waals surface area contributed by atoms with Crippen LogP contribution < -0.4 is 0 Å². The first-order valence-corrected chi connectivity index (χ1v) is 6.21. The van der Waals surface area contributed by atoms with Gasteiger partial charge in [0.05, 0.1) is 12.3 Å². The Labute approximate surface area is 106 Å². The number of hydrogen-bond donors (Lipinski definition) is 1. The number of rotatable bonds is 3. The van der Waals surface area contributed by atoms with E-state index in [2.05, 4.69) is 0 Å². The topological polar surface area (TPSA) is 57.6 Å². The maximum atomic E-state index is 12.1. The van der Waals surface area contributed by atoms with Gasteiger partial charge in [0, 0.05) is 13.1 Å². The van der Waals surface area contributed by atoms with Gasteiger partial charge in [-0.25, -0.2) is 0 Å². The molecule has 1 atom stereocenters. The average molecular weight is 247 g/mol. The minimum atomic E-state index is -0.799. The number of carboxylic acids is 1. The van der Waals surface area contributed by atoms with Crippen LogP contribution in [0.3, 0.4) is 0 Å². The first-order valence-electron chi connectivity index (χ1n) is 6.21. The van der Waals surface area contributed by atoms with Crippen molar-refractivity contribution >= 4 is 11.9 Å². The van der Waals surface area contributed by atoms with Crippen molar-refractivity contribution in [3.63, 3.8) is 0 Å². The normalized spacial score (nSPS) is 19.6. The predicted octanol–water partition coefficient (Wildman–Crippen LogP) is 1.55. The van der Waals surface area contributed by atoms with E-state index in [1.165, 1.54) is 0 Å². The summed E-state index contributed by atoms with van der Waals surface area (Å²) in [5, 5.41) is 8.99. The Morgan fingerprint density at radius 1 is 1.28 bits per heavy atom. The van der Waals surface area contributed by atoms with Gasteiger partial charge in [0.1, 0.15) is 0 Å². The van der Waals surface area contributed by atoms with Crippen molar-refractivity contribution in [1.29, 1.82) is 0 Å². The molecule has 2 rings (SSSR count). The Bertz CT molecular complexity index is 430. The molecule has 1 heterocycles. The van der Waals surface area contributed by atoms with E-state index in [0.717, 1.165) is 12.0 Å². The van der Waals surface area contributed by atoms with Crippen LogP contribution in [-0.2, 0) is 16.0 Å². The molecule has 4 nitrogen and oxygen atoms in total. The van der Waals surface area contributed by atoms with Crippen molar-refractivity contribution in [3.8, 4) is 0 Å². The third-order valence-electron chi connectivity index (χ3n) is 3.32. The summed E-state index contributed by atoms with van der Waals surface area (Å²) in [6.07, 6.45) is 1.80. The first kappa shape index (κ1) is 12.6. The van der Waals surface area contributed by atoms with Gasteiger partial charge in [-0.2, -0.15) is 0 Å². The molecule has 1 saturated heterocycles. The summed E-state index contributed by atoms with van der Waals surface area (Å²) in [4.78, 5) is 24.7. The Morgan fingerprint density at radius 2 is 2.00 bits per heavy atom. The second-order valence-electron chi connectivity index (χ2n) is 4.68. The molecule has 1 aliphatic heterocycles. The van der Waals surface area contributed by atoms with Crippen molar-refractivity contribution in [2.75, 3.05) is 13.1 Å². The molecule has 0 bridgehead atoms. The van der Waals surface area contributed by atoms with Gasteiger partial charge >= 0.3 is 5.97 Å². The van der Waals surface area contributed by atoms with Crippen LogP contribution in [0.25, 0.3) is 0 Å². The smallest absolute Gasteiger partial charge is 0.308 e. The van der Waals surface area contributed by atoms with E-state index < -0.39 is 11.9 Å². The zero-order chi connectivity index (χ0) is 13.0. The third kappa shape index (κ3) is 3.09. The predicted molar refractivity (Wildman–Crippen MR) is 67.1 cm³/mol. The lowest BCUT2D eigenvalue weighted by atomic mass is 9.97. The molecule has 0 aliphatic carbocycles. The molecule has 0 aromatic heterocycles. The fourth-order valence-corrected chi connectivity index (χ4v) is 2.29. The number of carboxylic acid groups (broad SMARTS) is 1. The molecule has 1 amide bonds. The summed E-state index contributed by atoms with van der Waals surface area (Å²) in [7, 11) is 0. The van der Waals surface area contributed by atoms with Gasteiger partial charge in [-0.3, -0.25) is 9.59 Å². The standard InChI is InChI=1S/C14H17NO3/c16-13(9-11-5-2-1-3-6-11)15-8-4-7-12(10-15)14(17)18/h1-3,5-6,12H,4,7-10H2,(H,17,18)/t12-/m1/s1. The quantitative estimate of drug-likeness (QED) is 0.881. The number of hydrogen-bond acceptors (Lipinski definition) is 2. The highest BCUT2D eigenvalue weighted by Gasteiger charge is 2.27. The Balaban J connectivity index is 1.95. The molecule has 1 fully saturated rings. The van der Waals surface area contributed by atoms with Gasteiger partial charge in [-0.15, -0.1) is 0 Å². The highest BCUT2D eigenvalue weighted by molar-refractivity contribution is 5.80. The lowest BCUT2D eigenvalue weighted by molar-refractivity contribution is -0.145. The van der Waals surface area contributed by atoms with Gasteiger partial charge in [-0.1, -0.05) is 30.3 Å². The first-order chi connectivity index (χ1) is 8.66. The van der Waals surface area contributed by atoms with Crippen LogP contribution in [0.1, 0.15) is 18.4 Å². The molecule has 1 aliphatic rings. The molecule has 18 heavy (non-hydrogen) atoms. The summed E-state index contributed by atoms with van der Waals surface area (Å²) < 4.78 is 0. The Morgan fingerprint density at radius 3 is 2.67 bits per heavy atom. The number of amides is 1. The monoisotopic (exact) mass is 247 g/mol. The molecule has 1 N–H and O–H groups in total. The Hall–Kier alpha value is -1.84. The van der Waals surface area contributed by atoms with E-state index in [1.807, 2.05) is 30.3 Å². The van der Waals surface area contributed by atoms with E-state index in [-0.39, 0.29) is 5.91 Å². The zero-order valence-corrected chi connectivity index (χ0v) is 10.2. The fraction of sp³-hybridized carbons (Fsp3) is 0.429. The average Bonchev–Trinajstić information content (AvgIpc) is 2.40. The lowest BCUT2D eigenvalue weighted by Crippen LogP contribution is -2.42. The van der Waals surface area contributed by atoms with Crippen LogP contribution in [0.4, 0.5) is 0 Å². The van der Waals surface area contributed by atoms with E-state index in [1.54, 1.807) is 4.90 Å². The number of piperidine rings is 1. The molecule has 0 unspecified atom stereocenters. The summed E-state index contributed by atoms with van der Waals surface area (Å²) >= 11 is 0. The van der Waals surface area contributed by atoms with Gasteiger partial charge in [0.15, 0.2) is 0 Å². The highest BCUT2D eigenvalue weighted by atomic mass is 16.4. The van der Waals surface area contributed by atoms with Gasteiger partial charge in [0.25, 0.3) is 0 Å². The van der Waals surface area contributed by atoms with E-state index in [9.17, 15) is 9.59 Å². The van der Waals surface area contributed by atoms with Gasteiger partial charge in [-0.05, 0) is 18.4 Å². The molecular weight excluding hydrogens is 230 g/mol. The van der Waals surface area contributed by atoms with Crippen LogP contribution in [0.5, 0.6) is 0 Å².